The average molecular weight is 503 g/mol. The van der Waals surface area contributed by atoms with Gasteiger partial charge in [-0.1, -0.05) is 29.1 Å². The third-order valence-electron chi connectivity index (χ3n) is 7.16. The Balaban J connectivity index is 1.34. The van der Waals surface area contributed by atoms with E-state index >= 15 is 0 Å². The molecule has 0 saturated carbocycles. The van der Waals surface area contributed by atoms with E-state index in [4.69, 9.17) is 40.9 Å². The van der Waals surface area contributed by atoms with Gasteiger partial charge in [0.25, 0.3) is 5.91 Å². The molecule has 8 radical (unpaired) electrons. The monoisotopic (exact) mass is 503 g/mol. The molecule has 2 aromatic carbocycles. The molecule has 1 atom stereocenters. The zero-order chi connectivity index (χ0) is 27.2. The van der Waals surface area contributed by atoms with Crippen LogP contribution in [0.5, 0.6) is 5.75 Å². The molecule has 3 heterocycles. The second-order valence-electron chi connectivity index (χ2n) is 9.49. The van der Waals surface area contributed by atoms with Gasteiger partial charge in [-0.15, -0.1) is 0 Å². The molecule has 2 aromatic rings. The van der Waals surface area contributed by atoms with Gasteiger partial charge in [-0.2, -0.15) is 0 Å². The Morgan fingerprint density at radius 1 is 1.08 bits per heavy atom. The first-order chi connectivity index (χ1) is 18.1. The molecule has 1 N–H and O–H groups in total. The molecule has 3 aliphatic rings. The molecule has 0 spiro atoms. The molecule has 9 nitrogen and oxygen atoms in total. The highest BCUT2D eigenvalue weighted by Gasteiger charge is 2.40. The van der Waals surface area contributed by atoms with Gasteiger partial charge in [-0.3, -0.25) is 24.5 Å². The number of benzene rings is 2. The first kappa shape index (κ1) is 26.2. The number of rotatable bonds is 6. The number of amides is 4. The quantitative estimate of drug-likeness (QED) is 0.359. The van der Waals surface area contributed by atoms with Gasteiger partial charge in [0, 0.05) is 24.1 Å². The van der Waals surface area contributed by atoms with E-state index in [0.717, 1.165) is 0 Å². The number of carbonyl (C=O) groups is 4. The number of hydrogen-bond donors (Lipinski definition) is 1. The van der Waals surface area contributed by atoms with Crippen LogP contribution in [-0.2, 0) is 37.6 Å². The molecule has 1 unspecified atom stereocenters. The number of fused-ring (bicyclic) bond motifs is 1. The second kappa shape index (κ2) is 10.0. The molecule has 4 amide bonds. The molecule has 2 saturated heterocycles. The second-order valence-corrected chi connectivity index (χ2v) is 9.49. The Morgan fingerprint density at radius 2 is 1.87 bits per heavy atom. The minimum absolute atomic E-state index is 0.0258. The maximum atomic E-state index is 13.0. The van der Waals surface area contributed by atoms with E-state index in [1.807, 2.05) is 0 Å². The molecule has 184 valence electrons. The summed E-state index contributed by atoms with van der Waals surface area (Å²) in [6.07, 6.45) is 0.436. The first-order valence-electron chi connectivity index (χ1n) is 12.1. The van der Waals surface area contributed by atoms with E-state index in [0.29, 0.717) is 34.6 Å². The number of imide groups is 1. The van der Waals surface area contributed by atoms with E-state index in [2.05, 4.69) is 5.32 Å². The predicted octanol–water partition coefficient (Wildman–Crippen LogP) is -2.08. The van der Waals surface area contributed by atoms with Crippen LogP contribution in [0.4, 0.5) is 0 Å². The van der Waals surface area contributed by atoms with Crippen LogP contribution < -0.4 is 21.0 Å². The van der Waals surface area contributed by atoms with E-state index in [1.54, 1.807) is 30.3 Å². The van der Waals surface area contributed by atoms with Crippen molar-refractivity contribution in [2.24, 2.45) is 0 Å². The Labute approximate surface area is 225 Å². The summed E-state index contributed by atoms with van der Waals surface area (Å²) < 4.78 is 11.2. The predicted molar refractivity (Wildman–Crippen MR) is 140 cm³/mol. The molecule has 3 aliphatic heterocycles. The van der Waals surface area contributed by atoms with Gasteiger partial charge < -0.3 is 19.3 Å². The Kier molecular flexibility index (Phi) is 6.90. The number of nitrogens with one attached hydrogen (secondary N) is 1. The standard InChI is InChI=1S/C25H21B4N3O6/c26-21-13(4-5-16(22(21)27)25(28,29)32-8-9-37-12-20(32)34)11-38-18-3-1-2-14-15(18)10-31(24(14)36)17-6-7-19(33)30-23(17)35/h1-5,17H,6-12H2,(H,30,33,35). The smallest absolute Gasteiger partial charge is 0.255 e. The van der Waals surface area contributed by atoms with Crippen molar-refractivity contribution >= 4 is 65.9 Å². The van der Waals surface area contributed by atoms with Crippen molar-refractivity contribution in [2.45, 2.75) is 37.4 Å². The first-order valence-corrected chi connectivity index (χ1v) is 12.1. The Bertz CT molecular complexity index is 1350. The molecule has 2 fully saturated rings. The van der Waals surface area contributed by atoms with E-state index in [1.165, 1.54) is 9.80 Å². The van der Waals surface area contributed by atoms with Crippen LogP contribution >= 0.6 is 0 Å². The van der Waals surface area contributed by atoms with Gasteiger partial charge in [0.15, 0.2) is 0 Å². The number of carbonyl (C=O) groups excluding carboxylic acids is 4. The summed E-state index contributed by atoms with van der Waals surface area (Å²) in [6.45, 7) is 0.585. The lowest BCUT2D eigenvalue weighted by Gasteiger charge is -2.43. The third kappa shape index (κ3) is 4.53. The Morgan fingerprint density at radius 3 is 2.61 bits per heavy atom. The number of nitrogens with zero attached hydrogens (tertiary/aromatic N) is 2. The molecule has 0 aromatic heterocycles. The van der Waals surface area contributed by atoms with Crippen molar-refractivity contribution in [3.63, 3.8) is 0 Å². The van der Waals surface area contributed by atoms with Crippen molar-refractivity contribution in [3.8, 4) is 5.75 Å². The lowest BCUT2D eigenvalue weighted by Crippen LogP contribution is -2.58. The van der Waals surface area contributed by atoms with E-state index in [9.17, 15) is 19.2 Å². The maximum Gasteiger partial charge on any atom is 0.255 e. The summed E-state index contributed by atoms with van der Waals surface area (Å²) in [5.41, 5.74) is 2.25. The van der Waals surface area contributed by atoms with Crippen LogP contribution in [0.2, 0.25) is 0 Å². The molecule has 38 heavy (non-hydrogen) atoms. The lowest BCUT2D eigenvalue weighted by atomic mass is 9.53. The van der Waals surface area contributed by atoms with Gasteiger partial charge in [-0.05, 0) is 35.0 Å². The number of morpholine rings is 1. The van der Waals surface area contributed by atoms with Crippen LogP contribution in [0.3, 0.4) is 0 Å². The summed E-state index contributed by atoms with van der Waals surface area (Å²) in [5, 5.41) is 0.608. The normalized spacial score (nSPS) is 19.9. The lowest BCUT2D eigenvalue weighted by molar-refractivity contribution is -0.145. The van der Waals surface area contributed by atoms with Crippen LogP contribution in [0.1, 0.15) is 39.9 Å². The van der Waals surface area contributed by atoms with E-state index in [-0.39, 0.29) is 67.8 Å². The van der Waals surface area contributed by atoms with Gasteiger partial charge in [0.2, 0.25) is 17.7 Å². The van der Waals surface area contributed by atoms with Gasteiger partial charge in [0.05, 0.1) is 28.8 Å². The fraction of sp³-hybridized carbons (Fsp3) is 0.360. The minimum Gasteiger partial charge on any atom is -0.489 e. The minimum atomic E-state index is -1.68. The van der Waals surface area contributed by atoms with Crippen molar-refractivity contribution in [1.29, 1.82) is 0 Å². The van der Waals surface area contributed by atoms with Crippen LogP contribution in [0.15, 0.2) is 30.3 Å². The molecule has 0 bridgehead atoms. The number of ether oxygens (including phenoxy) is 2. The molecule has 13 heteroatoms. The largest absolute Gasteiger partial charge is 0.489 e. The maximum absolute atomic E-state index is 13.0. The highest BCUT2D eigenvalue weighted by Crippen LogP contribution is 2.34. The highest BCUT2D eigenvalue weighted by atomic mass is 16.5. The SMILES string of the molecule is [B]c1c(COc2cccc3c2CN(C2CCC(=O)NC2=O)C3=O)ccc(C([B])([B])N2CCOCC2=O)c1[B]. The zero-order valence-electron chi connectivity index (χ0n) is 20.6. The summed E-state index contributed by atoms with van der Waals surface area (Å²) in [4.78, 5) is 52.0. The fourth-order valence-corrected chi connectivity index (χ4v) is 5.06. The zero-order valence-corrected chi connectivity index (χ0v) is 20.6. The number of hydrogen-bond acceptors (Lipinski definition) is 6. The third-order valence-corrected chi connectivity index (χ3v) is 7.16. The highest BCUT2D eigenvalue weighted by molar-refractivity contribution is 6.52. The van der Waals surface area contributed by atoms with Crippen molar-refractivity contribution in [3.05, 3.63) is 52.6 Å². The average Bonchev–Trinajstić information content (AvgIpc) is 3.21. The van der Waals surface area contributed by atoms with E-state index < -0.39 is 17.3 Å². The van der Waals surface area contributed by atoms with Crippen molar-refractivity contribution < 1.29 is 28.7 Å². The molecular formula is C25H21B4N3O6. The fourth-order valence-electron chi connectivity index (χ4n) is 5.06. The molecule has 0 aliphatic carbocycles. The van der Waals surface area contributed by atoms with Crippen molar-refractivity contribution in [1.82, 2.24) is 15.1 Å². The molecule has 5 rings (SSSR count). The van der Waals surface area contributed by atoms with Crippen LogP contribution in [0.25, 0.3) is 0 Å². The van der Waals surface area contributed by atoms with Crippen LogP contribution in [0, 0.1) is 0 Å². The summed E-state index contributed by atoms with van der Waals surface area (Å²) in [7, 11) is 25.3. The summed E-state index contributed by atoms with van der Waals surface area (Å²) >= 11 is 0. The van der Waals surface area contributed by atoms with Gasteiger partial charge in [0.1, 0.15) is 40.7 Å². The summed E-state index contributed by atoms with van der Waals surface area (Å²) in [5.74, 6) is -1.03. The van der Waals surface area contributed by atoms with Crippen molar-refractivity contribution in [2.75, 3.05) is 19.8 Å². The van der Waals surface area contributed by atoms with Crippen LogP contribution in [-0.4, -0.2) is 90.6 Å². The topological polar surface area (TPSA) is 105 Å². The number of piperidine rings is 1. The Hall–Kier alpha value is -3.46. The summed E-state index contributed by atoms with van der Waals surface area (Å²) in [6, 6.07) is 7.64. The molecular weight excluding hydrogens is 482 g/mol. The van der Waals surface area contributed by atoms with Gasteiger partial charge >= 0.3 is 0 Å². The van der Waals surface area contributed by atoms with Gasteiger partial charge in [-0.25, -0.2) is 0 Å².